The summed E-state index contributed by atoms with van der Waals surface area (Å²) in [5.74, 6) is 0.420. The highest BCUT2D eigenvalue weighted by atomic mass is 32.2. The average molecular weight is 299 g/mol. The summed E-state index contributed by atoms with van der Waals surface area (Å²) in [6.07, 6.45) is 1.40. The van der Waals surface area contributed by atoms with E-state index in [-0.39, 0.29) is 4.90 Å². The van der Waals surface area contributed by atoms with E-state index in [0.717, 1.165) is 4.88 Å². The number of nitrogens with one attached hydrogen (secondary N) is 1. The molecule has 2 rings (SSSR count). The van der Waals surface area contributed by atoms with Gasteiger partial charge in [-0.3, -0.25) is 4.72 Å². The minimum Gasteiger partial charge on any atom is -0.481 e. The third-order valence-electron chi connectivity index (χ3n) is 2.34. The molecule has 6 nitrogen and oxygen atoms in total. The maximum absolute atomic E-state index is 12.1. The van der Waals surface area contributed by atoms with Crippen molar-refractivity contribution in [2.45, 2.75) is 11.4 Å². The first-order chi connectivity index (χ1) is 9.05. The van der Waals surface area contributed by atoms with Crippen molar-refractivity contribution in [3.05, 3.63) is 34.7 Å². The van der Waals surface area contributed by atoms with Crippen LogP contribution in [0.15, 0.2) is 34.7 Å². The number of ether oxygens (including phenoxy) is 1. The maximum atomic E-state index is 12.1. The van der Waals surface area contributed by atoms with Gasteiger partial charge in [0.2, 0.25) is 5.88 Å². The summed E-state index contributed by atoms with van der Waals surface area (Å²) in [4.78, 5) is 4.95. The van der Waals surface area contributed by atoms with Gasteiger partial charge < -0.3 is 10.5 Å². The number of hydrogen-bond donors (Lipinski definition) is 2. The van der Waals surface area contributed by atoms with E-state index >= 15 is 0 Å². The summed E-state index contributed by atoms with van der Waals surface area (Å²) in [6.45, 7) is 0.324. The zero-order valence-electron chi connectivity index (χ0n) is 10.2. The fourth-order valence-electron chi connectivity index (χ4n) is 1.38. The number of thiophene rings is 1. The van der Waals surface area contributed by atoms with Crippen LogP contribution in [0, 0.1) is 0 Å². The van der Waals surface area contributed by atoms with Crippen molar-refractivity contribution in [3.63, 3.8) is 0 Å². The molecular formula is C11H13N3O3S2. The van der Waals surface area contributed by atoms with E-state index in [1.54, 1.807) is 23.6 Å². The predicted molar refractivity (Wildman–Crippen MR) is 73.8 cm³/mol. The van der Waals surface area contributed by atoms with Gasteiger partial charge in [-0.25, -0.2) is 13.4 Å². The molecule has 0 aromatic carbocycles. The van der Waals surface area contributed by atoms with Gasteiger partial charge in [0.05, 0.1) is 23.9 Å². The van der Waals surface area contributed by atoms with Crippen molar-refractivity contribution >= 4 is 27.0 Å². The highest BCUT2D eigenvalue weighted by molar-refractivity contribution is 7.92. The van der Waals surface area contributed by atoms with Gasteiger partial charge in [0.25, 0.3) is 10.0 Å². The van der Waals surface area contributed by atoms with Gasteiger partial charge in [0, 0.05) is 22.9 Å². The van der Waals surface area contributed by atoms with Crippen LogP contribution in [0.5, 0.6) is 5.88 Å². The fourth-order valence-corrected chi connectivity index (χ4v) is 3.58. The van der Waals surface area contributed by atoms with Gasteiger partial charge in [-0.15, -0.1) is 11.3 Å². The molecule has 0 radical (unpaired) electrons. The Hall–Kier alpha value is -1.64. The SMILES string of the molecule is COc1ccc(NS(=O)(=O)c2csc(CN)c2)cn1. The maximum Gasteiger partial charge on any atom is 0.262 e. The van der Waals surface area contributed by atoms with Crippen LogP contribution in [0.1, 0.15) is 4.88 Å². The molecule has 2 aromatic heterocycles. The van der Waals surface area contributed by atoms with Crippen molar-refractivity contribution in [1.29, 1.82) is 0 Å². The number of nitrogens with zero attached hydrogens (tertiary/aromatic N) is 1. The molecule has 0 atom stereocenters. The van der Waals surface area contributed by atoms with Crippen molar-refractivity contribution in [2.75, 3.05) is 11.8 Å². The molecule has 0 amide bonds. The molecule has 8 heteroatoms. The van der Waals surface area contributed by atoms with Crippen LogP contribution < -0.4 is 15.2 Å². The number of nitrogens with two attached hydrogens (primary N) is 1. The van der Waals surface area contributed by atoms with E-state index in [2.05, 4.69) is 9.71 Å². The van der Waals surface area contributed by atoms with E-state index in [1.165, 1.54) is 24.6 Å². The summed E-state index contributed by atoms with van der Waals surface area (Å²) in [5, 5.41) is 1.56. The Morgan fingerprint density at radius 2 is 2.26 bits per heavy atom. The molecule has 2 heterocycles. The molecule has 2 aromatic rings. The number of pyridine rings is 1. The summed E-state index contributed by atoms with van der Waals surface area (Å²) < 4.78 is 31.5. The minimum absolute atomic E-state index is 0.203. The number of aromatic nitrogens is 1. The lowest BCUT2D eigenvalue weighted by atomic mass is 10.4. The van der Waals surface area contributed by atoms with Crippen LogP contribution in [0.25, 0.3) is 0 Å². The summed E-state index contributed by atoms with van der Waals surface area (Å²) in [7, 11) is -2.11. The molecule has 3 N–H and O–H groups in total. The quantitative estimate of drug-likeness (QED) is 0.870. The Labute approximate surface area is 115 Å². The number of anilines is 1. The average Bonchev–Trinajstić information content (AvgIpc) is 2.89. The normalized spacial score (nSPS) is 11.3. The van der Waals surface area contributed by atoms with Gasteiger partial charge >= 0.3 is 0 Å². The van der Waals surface area contributed by atoms with Crippen molar-refractivity contribution in [2.24, 2.45) is 5.73 Å². The molecular weight excluding hydrogens is 286 g/mol. The Balaban J connectivity index is 2.20. The lowest BCUT2D eigenvalue weighted by Crippen LogP contribution is -2.12. The third kappa shape index (κ3) is 3.22. The predicted octanol–water partition coefficient (Wildman–Crippen LogP) is 1.41. The molecule has 0 saturated heterocycles. The van der Waals surface area contributed by atoms with Crippen molar-refractivity contribution in [3.8, 4) is 5.88 Å². The monoisotopic (exact) mass is 299 g/mol. The van der Waals surface area contributed by atoms with E-state index < -0.39 is 10.0 Å². The van der Waals surface area contributed by atoms with Crippen LogP contribution in [-0.2, 0) is 16.6 Å². The molecule has 0 aliphatic rings. The molecule has 0 spiro atoms. The van der Waals surface area contributed by atoms with Gasteiger partial charge in [-0.1, -0.05) is 0 Å². The van der Waals surface area contributed by atoms with E-state index in [9.17, 15) is 8.42 Å². The van der Waals surface area contributed by atoms with Crippen molar-refractivity contribution < 1.29 is 13.2 Å². The number of sulfonamides is 1. The van der Waals surface area contributed by atoms with E-state index in [1.807, 2.05) is 0 Å². The van der Waals surface area contributed by atoms with Gasteiger partial charge in [0.1, 0.15) is 0 Å². The third-order valence-corrected chi connectivity index (χ3v) is 4.81. The van der Waals surface area contributed by atoms with Crippen LogP contribution in [0.2, 0.25) is 0 Å². The summed E-state index contributed by atoms with van der Waals surface area (Å²) >= 11 is 1.31. The smallest absolute Gasteiger partial charge is 0.262 e. The van der Waals surface area contributed by atoms with Crippen LogP contribution in [-0.4, -0.2) is 20.5 Å². The van der Waals surface area contributed by atoms with Gasteiger partial charge in [-0.05, 0) is 12.1 Å². The largest absolute Gasteiger partial charge is 0.481 e. The number of rotatable bonds is 5. The summed E-state index contributed by atoms with van der Waals surface area (Å²) in [5.41, 5.74) is 5.84. The molecule has 0 fully saturated rings. The molecule has 19 heavy (non-hydrogen) atoms. The zero-order chi connectivity index (χ0) is 13.9. The molecule has 0 aliphatic carbocycles. The minimum atomic E-state index is -3.60. The molecule has 102 valence electrons. The topological polar surface area (TPSA) is 94.3 Å². The van der Waals surface area contributed by atoms with Gasteiger partial charge in [0.15, 0.2) is 0 Å². The van der Waals surface area contributed by atoms with Crippen LogP contribution in [0.3, 0.4) is 0 Å². The first-order valence-electron chi connectivity index (χ1n) is 5.35. The summed E-state index contributed by atoms with van der Waals surface area (Å²) in [6, 6.07) is 4.72. The second-order valence-corrected chi connectivity index (χ2v) is 6.33. The molecule has 0 saturated carbocycles. The molecule has 0 unspecified atom stereocenters. The molecule has 0 bridgehead atoms. The highest BCUT2D eigenvalue weighted by Gasteiger charge is 2.16. The van der Waals surface area contributed by atoms with Gasteiger partial charge in [-0.2, -0.15) is 0 Å². The van der Waals surface area contributed by atoms with Crippen LogP contribution in [0.4, 0.5) is 5.69 Å². The second-order valence-electron chi connectivity index (χ2n) is 3.65. The Morgan fingerprint density at radius 1 is 1.47 bits per heavy atom. The Bertz CT molecular complexity index is 650. The Kier molecular flexibility index (Phi) is 4.03. The first-order valence-corrected chi connectivity index (χ1v) is 7.72. The van der Waals surface area contributed by atoms with E-state index in [0.29, 0.717) is 18.1 Å². The lowest BCUT2D eigenvalue weighted by Gasteiger charge is -2.06. The standard InChI is InChI=1S/C11H13N3O3S2/c1-17-11-3-2-8(6-13-11)14-19(15,16)10-4-9(5-12)18-7-10/h2-4,6-7,14H,5,12H2,1H3. The van der Waals surface area contributed by atoms with Crippen LogP contribution >= 0.6 is 11.3 Å². The number of hydrogen-bond acceptors (Lipinski definition) is 6. The Morgan fingerprint density at radius 3 is 2.79 bits per heavy atom. The second kappa shape index (κ2) is 5.55. The molecule has 0 aliphatic heterocycles. The van der Waals surface area contributed by atoms with E-state index in [4.69, 9.17) is 10.5 Å². The number of methoxy groups -OCH3 is 1. The lowest BCUT2D eigenvalue weighted by molar-refractivity contribution is 0.398. The highest BCUT2D eigenvalue weighted by Crippen LogP contribution is 2.22. The van der Waals surface area contributed by atoms with Crippen molar-refractivity contribution in [1.82, 2.24) is 4.98 Å². The zero-order valence-corrected chi connectivity index (χ0v) is 11.8. The fraction of sp³-hybridized carbons (Fsp3) is 0.182. The first kappa shape index (κ1) is 13.8.